The smallest absolute Gasteiger partial charge is 0.320 e. The van der Waals surface area contributed by atoms with Crippen LogP contribution in [0, 0.1) is 0 Å². The molecule has 1 atom stereocenters. The lowest BCUT2D eigenvalue weighted by Crippen LogP contribution is -2.43. The van der Waals surface area contributed by atoms with Crippen molar-refractivity contribution < 1.29 is 9.90 Å². The van der Waals surface area contributed by atoms with Crippen molar-refractivity contribution >= 4 is 28.6 Å². The molecule has 0 amide bonds. The van der Waals surface area contributed by atoms with Gasteiger partial charge in [0.25, 0.3) is 0 Å². The van der Waals surface area contributed by atoms with Crippen molar-refractivity contribution in [3.8, 4) is 9.88 Å². The van der Waals surface area contributed by atoms with E-state index in [0.29, 0.717) is 6.54 Å². The van der Waals surface area contributed by atoms with E-state index in [2.05, 4.69) is 16.0 Å². The quantitative estimate of drug-likeness (QED) is 0.941. The Morgan fingerprint density at radius 3 is 3.15 bits per heavy atom. The van der Waals surface area contributed by atoms with Crippen molar-refractivity contribution in [1.29, 1.82) is 0 Å². The largest absolute Gasteiger partial charge is 0.480 e. The predicted octanol–water partition coefficient (Wildman–Crippen LogP) is 3.31. The molecule has 6 heteroatoms. The first-order valence-corrected chi connectivity index (χ1v) is 8.39. The van der Waals surface area contributed by atoms with Gasteiger partial charge < -0.3 is 5.11 Å². The molecule has 1 N–H and O–H groups in total. The Bertz CT molecular complexity index is 580. The van der Waals surface area contributed by atoms with Gasteiger partial charge in [-0.2, -0.15) is 0 Å². The fourth-order valence-electron chi connectivity index (χ4n) is 2.55. The van der Waals surface area contributed by atoms with E-state index in [1.54, 1.807) is 22.7 Å². The van der Waals surface area contributed by atoms with Crippen LogP contribution in [0.1, 0.15) is 24.1 Å². The fraction of sp³-hybridized carbons (Fsp3) is 0.429. The highest BCUT2D eigenvalue weighted by Crippen LogP contribution is 2.30. The lowest BCUT2D eigenvalue weighted by molar-refractivity contribution is -0.144. The zero-order valence-electron chi connectivity index (χ0n) is 11.0. The van der Waals surface area contributed by atoms with Crippen molar-refractivity contribution in [3.05, 3.63) is 28.6 Å². The van der Waals surface area contributed by atoms with E-state index in [0.717, 1.165) is 35.7 Å². The van der Waals surface area contributed by atoms with Gasteiger partial charge in [0.15, 0.2) is 0 Å². The summed E-state index contributed by atoms with van der Waals surface area (Å²) in [5.41, 5.74) is 0. The number of hydrogen-bond acceptors (Lipinski definition) is 5. The molecule has 20 heavy (non-hydrogen) atoms. The van der Waals surface area contributed by atoms with Crippen LogP contribution >= 0.6 is 22.7 Å². The van der Waals surface area contributed by atoms with Gasteiger partial charge >= 0.3 is 5.97 Å². The molecule has 0 aliphatic carbocycles. The van der Waals surface area contributed by atoms with Gasteiger partial charge in [-0.05, 0) is 30.8 Å². The van der Waals surface area contributed by atoms with Crippen molar-refractivity contribution in [3.63, 3.8) is 0 Å². The van der Waals surface area contributed by atoms with Crippen molar-refractivity contribution in [2.24, 2.45) is 0 Å². The number of rotatable bonds is 4. The number of carbonyl (C=O) groups is 1. The van der Waals surface area contributed by atoms with Crippen molar-refractivity contribution in [2.45, 2.75) is 31.8 Å². The first-order chi connectivity index (χ1) is 9.74. The number of aromatic nitrogens is 1. The molecule has 1 unspecified atom stereocenters. The number of aliphatic carboxylic acids is 1. The highest BCUT2D eigenvalue weighted by Gasteiger charge is 2.28. The first kappa shape index (κ1) is 13.7. The normalized spacial score (nSPS) is 20.1. The lowest BCUT2D eigenvalue weighted by Gasteiger charge is -2.32. The van der Waals surface area contributed by atoms with Crippen LogP contribution in [0.2, 0.25) is 0 Å². The third-order valence-electron chi connectivity index (χ3n) is 3.54. The molecule has 4 nitrogen and oxygen atoms in total. The second-order valence-electron chi connectivity index (χ2n) is 4.93. The fourth-order valence-corrected chi connectivity index (χ4v) is 4.30. The van der Waals surface area contributed by atoms with Crippen molar-refractivity contribution in [2.75, 3.05) is 6.54 Å². The second-order valence-corrected chi connectivity index (χ2v) is 6.99. The molecule has 3 heterocycles. The minimum absolute atomic E-state index is 0.337. The van der Waals surface area contributed by atoms with Crippen molar-refractivity contribution in [1.82, 2.24) is 9.88 Å². The van der Waals surface area contributed by atoms with Gasteiger partial charge in [-0.25, -0.2) is 4.98 Å². The minimum atomic E-state index is -0.701. The van der Waals surface area contributed by atoms with Crippen LogP contribution in [0.15, 0.2) is 23.7 Å². The highest BCUT2D eigenvalue weighted by molar-refractivity contribution is 7.20. The summed E-state index contributed by atoms with van der Waals surface area (Å²) in [5.74, 6) is -0.701. The summed E-state index contributed by atoms with van der Waals surface area (Å²) in [6.07, 6.45) is 4.73. The Kier molecular flexibility index (Phi) is 4.14. The third-order valence-corrected chi connectivity index (χ3v) is 5.56. The molecular weight excluding hydrogens is 292 g/mol. The first-order valence-electron chi connectivity index (χ1n) is 6.69. The van der Waals surface area contributed by atoms with Gasteiger partial charge in [-0.1, -0.05) is 12.5 Å². The third kappa shape index (κ3) is 2.92. The van der Waals surface area contributed by atoms with Gasteiger partial charge in [-0.15, -0.1) is 22.7 Å². The van der Waals surface area contributed by atoms with Gasteiger partial charge in [0.1, 0.15) is 11.0 Å². The summed E-state index contributed by atoms with van der Waals surface area (Å²) in [7, 11) is 0. The van der Waals surface area contributed by atoms with Crippen LogP contribution in [0.5, 0.6) is 0 Å². The molecular formula is C14H16N2O2S2. The van der Waals surface area contributed by atoms with E-state index in [-0.39, 0.29) is 6.04 Å². The molecule has 3 rings (SSSR count). The molecule has 0 bridgehead atoms. The van der Waals surface area contributed by atoms with E-state index in [1.165, 1.54) is 4.88 Å². The lowest BCUT2D eigenvalue weighted by atomic mass is 10.0. The van der Waals surface area contributed by atoms with Crippen LogP contribution in [0.25, 0.3) is 9.88 Å². The summed E-state index contributed by atoms with van der Waals surface area (Å²) in [4.78, 5) is 20.1. The molecule has 1 saturated heterocycles. The SMILES string of the molecule is O=C(O)C1CCCCN1Cc1cnc(-c2cccs2)s1. The number of nitrogens with zero attached hydrogens (tertiary/aromatic N) is 2. The van der Waals surface area contributed by atoms with E-state index >= 15 is 0 Å². The van der Waals surface area contributed by atoms with E-state index in [1.807, 2.05) is 17.6 Å². The standard InChI is InChI=1S/C14H16N2O2S2/c17-14(18)11-4-1-2-6-16(11)9-10-8-15-13(20-10)12-5-3-7-19-12/h3,5,7-8,11H,1-2,4,6,9H2,(H,17,18). The number of carboxylic acid groups (broad SMARTS) is 1. The molecule has 1 aliphatic rings. The van der Waals surface area contributed by atoms with Gasteiger partial charge in [0.2, 0.25) is 0 Å². The maximum absolute atomic E-state index is 11.3. The maximum atomic E-state index is 11.3. The van der Waals surface area contributed by atoms with Gasteiger partial charge in [-0.3, -0.25) is 9.69 Å². The minimum Gasteiger partial charge on any atom is -0.480 e. The van der Waals surface area contributed by atoms with Crippen LogP contribution < -0.4 is 0 Å². The molecule has 0 radical (unpaired) electrons. The molecule has 2 aromatic rings. The number of hydrogen-bond donors (Lipinski definition) is 1. The Hall–Kier alpha value is -1.24. The molecule has 2 aromatic heterocycles. The number of thiazole rings is 1. The maximum Gasteiger partial charge on any atom is 0.320 e. The van der Waals surface area contributed by atoms with Gasteiger partial charge in [0, 0.05) is 17.6 Å². The number of carboxylic acids is 1. The molecule has 106 valence electrons. The van der Waals surface area contributed by atoms with E-state index in [9.17, 15) is 9.90 Å². The van der Waals surface area contributed by atoms with E-state index in [4.69, 9.17) is 0 Å². The summed E-state index contributed by atoms with van der Waals surface area (Å²) in [6, 6.07) is 3.75. The molecule has 0 saturated carbocycles. The molecule has 1 aliphatic heterocycles. The predicted molar refractivity (Wildman–Crippen MR) is 81.1 cm³/mol. The molecule has 1 fully saturated rings. The average Bonchev–Trinajstić information content (AvgIpc) is 3.09. The Morgan fingerprint density at radius 1 is 1.50 bits per heavy atom. The average molecular weight is 308 g/mol. The molecule has 0 aromatic carbocycles. The molecule has 0 spiro atoms. The van der Waals surface area contributed by atoms with Crippen LogP contribution in [0.4, 0.5) is 0 Å². The van der Waals surface area contributed by atoms with Crippen LogP contribution in [-0.4, -0.2) is 33.5 Å². The second kappa shape index (κ2) is 6.03. The highest BCUT2D eigenvalue weighted by atomic mass is 32.1. The summed E-state index contributed by atoms with van der Waals surface area (Å²) < 4.78 is 0. The monoisotopic (exact) mass is 308 g/mol. The summed E-state index contributed by atoms with van der Waals surface area (Å²) in [5, 5.41) is 12.4. The Morgan fingerprint density at radius 2 is 2.40 bits per heavy atom. The van der Waals surface area contributed by atoms with E-state index < -0.39 is 5.97 Å². The number of piperidine rings is 1. The number of thiophene rings is 1. The Balaban J connectivity index is 1.72. The topological polar surface area (TPSA) is 53.4 Å². The van der Waals surface area contributed by atoms with Crippen LogP contribution in [-0.2, 0) is 11.3 Å². The number of likely N-dealkylation sites (tertiary alicyclic amines) is 1. The zero-order valence-corrected chi connectivity index (χ0v) is 12.6. The van der Waals surface area contributed by atoms with Crippen LogP contribution in [0.3, 0.4) is 0 Å². The Labute approximate surface area is 125 Å². The van der Waals surface area contributed by atoms with Gasteiger partial charge in [0.05, 0.1) is 4.88 Å². The summed E-state index contributed by atoms with van der Waals surface area (Å²) >= 11 is 3.34. The zero-order chi connectivity index (χ0) is 13.9. The summed E-state index contributed by atoms with van der Waals surface area (Å²) in [6.45, 7) is 1.56.